The second-order valence-corrected chi connectivity index (χ2v) is 7.00. The molecule has 0 atom stereocenters. The molecule has 2 N–H and O–H groups in total. The van der Waals surface area contributed by atoms with Crippen molar-refractivity contribution in [2.75, 3.05) is 11.9 Å². The minimum Gasteiger partial charge on any atom is -0.484 e. The number of ether oxygens (including phenoxy) is 1. The van der Waals surface area contributed by atoms with Crippen LogP contribution in [0.2, 0.25) is 10.0 Å². The Morgan fingerprint density at radius 3 is 2.54 bits per heavy atom. The lowest BCUT2D eigenvalue weighted by molar-refractivity contribution is -0.118. The highest BCUT2D eigenvalue weighted by molar-refractivity contribution is 6.34. The summed E-state index contributed by atoms with van der Waals surface area (Å²) < 4.78 is 5.46. The third kappa shape index (κ3) is 4.90. The van der Waals surface area contributed by atoms with E-state index in [1.807, 2.05) is 6.92 Å². The Kier molecular flexibility index (Phi) is 5.69. The minimum absolute atomic E-state index is 0.159. The van der Waals surface area contributed by atoms with Crippen LogP contribution in [0.3, 0.4) is 0 Å². The number of amides is 2. The minimum atomic E-state index is -0.339. The summed E-state index contributed by atoms with van der Waals surface area (Å²) in [5.74, 6) is -0.0161. The van der Waals surface area contributed by atoms with E-state index in [1.165, 1.54) is 0 Å². The van der Waals surface area contributed by atoms with Gasteiger partial charge in [-0.2, -0.15) is 0 Å². The van der Waals surface area contributed by atoms with Gasteiger partial charge >= 0.3 is 0 Å². The van der Waals surface area contributed by atoms with Crippen LogP contribution in [0.15, 0.2) is 36.4 Å². The molecule has 1 saturated carbocycles. The van der Waals surface area contributed by atoms with Crippen LogP contribution in [0.25, 0.3) is 0 Å². The van der Waals surface area contributed by atoms with Crippen LogP contribution < -0.4 is 15.4 Å². The summed E-state index contributed by atoms with van der Waals surface area (Å²) in [6.07, 6.45) is 1.97. The molecule has 0 heterocycles. The lowest BCUT2D eigenvalue weighted by Gasteiger charge is -2.11. The molecule has 0 aromatic heterocycles. The monoisotopic (exact) mass is 392 g/mol. The topological polar surface area (TPSA) is 67.4 Å². The molecular weight excluding hydrogens is 375 g/mol. The van der Waals surface area contributed by atoms with Crippen molar-refractivity contribution in [3.05, 3.63) is 57.6 Å². The van der Waals surface area contributed by atoms with Gasteiger partial charge in [0.15, 0.2) is 6.61 Å². The van der Waals surface area contributed by atoms with Crippen LogP contribution >= 0.6 is 23.2 Å². The molecule has 5 nitrogen and oxygen atoms in total. The van der Waals surface area contributed by atoms with Crippen LogP contribution in [0.1, 0.15) is 28.8 Å². The first-order chi connectivity index (χ1) is 12.4. The maximum Gasteiger partial charge on any atom is 0.262 e. The molecule has 0 saturated heterocycles. The van der Waals surface area contributed by atoms with Crippen molar-refractivity contribution in [1.29, 1.82) is 0 Å². The van der Waals surface area contributed by atoms with Gasteiger partial charge in [0, 0.05) is 16.8 Å². The van der Waals surface area contributed by atoms with Gasteiger partial charge in [-0.1, -0.05) is 23.2 Å². The van der Waals surface area contributed by atoms with Crippen molar-refractivity contribution >= 4 is 40.7 Å². The number of halogens is 2. The molecule has 1 aliphatic carbocycles. The quantitative estimate of drug-likeness (QED) is 0.773. The van der Waals surface area contributed by atoms with Gasteiger partial charge in [-0.25, -0.2) is 0 Å². The molecule has 0 radical (unpaired) electrons. The van der Waals surface area contributed by atoms with Gasteiger partial charge in [0.2, 0.25) is 0 Å². The van der Waals surface area contributed by atoms with E-state index in [1.54, 1.807) is 36.4 Å². The van der Waals surface area contributed by atoms with Gasteiger partial charge in [-0.05, 0) is 61.7 Å². The zero-order valence-electron chi connectivity index (χ0n) is 14.1. The summed E-state index contributed by atoms with van der Waals surface area (Å²) >= 11 is 12.1. The summed E-state index contributed by atoms with van der Waals surface area (Å²) in [6.45, 7) is 1.70. The lowest BCUT2D eigenvalue weighted by atomic mass is 10.2. The van der Waals surface area contributed by atoms with Crippen molar-refractivity contribution in [2.45, 2.75) is 25.8 Å². The van der Waals surface area contributed by atoms with E-state index in [9.17, 15) is 9.59 Å². The van der Waals surface area contributed by atoms with Crippen molar-refractivity contribution in [3.8, 4) is 5.75 Å². The highest BCUT2D eigenvalue weighted by Gasteiger charge is 2.24. The smallest absolute Gasteiger partial charge is 0.262 e. The molecule has 0 aliphatic heterocycles. The number of nitrogens with one attached hydrogen (secondary N) is 2. The molecule has 0 unspecified atom stereocenters. The maximum absolute atomic E-state index is 12.2. The lowest BCUT2D eigenvalue weighted by Crippen LogP contribution is -2.26. The number of rotatable bonds is 6. The molecule has 26 heavy (non-hydrogen) atoms. The molecule has 3 rings (SSSR count). The van der Waals surface area contributed by atoms with Crippen LogP contribution in [0, 0.1) is 6.92 Å². The predicted octanol–water partition coefficient (Wildman–Crippen LogP) is 4.21. The third-order valence-corrected chi connectivity index (χ3v) is 4.66. The Bertz CT molecular complexity index is 851. The summed E-state index contributed by atoms with van der Waals surface area (Å²) in [7, 11) is 0. The zero-order valence-corrected chi connectivity index (χ0v) is 15.7. The molecule has 2 aromatic rings. The SMILES string of the molecule is Cc1cc(OCC(=O)Nc2ccc(Cl)c(C(=O)NC3CC3)c2)ccc1Cl. The molecule has 1 aliphatic rings. The standard InChI is InChI=1S/C19H18Cl2N2O3/c1-11-8-14(5-7-16(11)20)26-10-18(24)22-13-4-6-17(21)15(9-13)19(25)23-12-2-3-12/h4-9,12H,2-3,10H2,1H3,(H,22,24)(H,23,25). The van der Waals surface area contributed by atoms with Crippen LogP contribution in [0.5, 0.6) is 5.75 Å². The number of benzene rings is 2. The number of hydrogen-bond acceptors (Lipinski definition) is 3. The second-order valence-electron chi connectivity index (χ2n) is 6.19. The molecule has 7 heteroatoms. The normalized spacial score (nSPS) is 13.2. The average Bonchev–Trinajstić information content (AvgIpc) is 3.41. The van der Waals surface area contributed by atoms with E-state index in [-0.39, 0.29) is 24.5 Å². The van der Waals surface area contributed by atoms with E-state index in [0.29, 0.717) is 27.0 Å². The van der Waals surface area contributed by atoms with Gasteiger partial charge in [0.25, 0.3) is 11.8 Å². The Morgan fingerprint density at radius 1 is 1.12 bits per heavy atom. The van der Waals surface area contributed by atoms with Crippen molar-refractivity contribution < 1.29 is 14.3 Å². The first-order valence-electron chi connectivity index (χ1n) is 8.21. The maximum atomic E-state index is 12.2. The second kappa shape index (κ2) is 7.98. The fraction of sp³-hybridized carbons (Fsp3) is 0.263. The number of anilines is 1. The molecule has 0 spiro atoms. The fourth-order valence-corrected chi connectivity index (χ4v) is 2.64. The van der Waals surface area contributed by atoms with E-state index in [4.69, 9.17) is 27.9 Å². The van der Waals surface area contributed by atoms with Gasteiger partial charge in [0.1, 0.15) is 5.75 Å². The number of aryl methyl sites for hydroxylation is 1. The van der Waals surface area contributed by atoms with Crippen LogP contribution in [-0.4, -0.2) is 24.5 Å². The summed E-state index contributed by atoms with van der Waals surface area (Å²) in [5, 5.41) is 6.56. The van der Waals surface area contributed by atoms with Gasteiger partial charge in [0.05, 0.1) is 10.6 Å². The summed E-state index contributed by atoms with van der Waals surface area (Å²) in [6, 6.07) is 10.2. The highest BCUT2D eigenvalue weighted by Crippen LogP contribution is 2.24. The van der Waals surface area contributed by atoms with E-state index in [0.717, 1.165) is 18.4 Å². The first-order valence-corrected chi connectivity index (χ1v) is 8.97. The molecule has 1 fully saturated rings. The van der Waals surface area contributed by atoms with E-state index >= 15 is 0 Å². The number of carbonyl (C=O) groups excluding carboxylic acids is 2. The predicted molar refractivity (Wildman–Crippen MR) is 102 cm³/mol. The van der Waals surface area contributed by atoms with Crippen molar-refractivity contribution in [3.63, 3.8) is 0 Å². The Morgan fingerprint density at radius 2 is 1.85 bits per heavy atom. The number of carbonyl (C=O) groups is 2. The van der Waals surface area contributed by atoms with Crippen LogP contribution in [-0.2, 0) is 4.79 Å². The van der Waals surface area contributed by atoms with E-state index < -0.39 is 0 Å². The third-order valence-electron chi connectivity index (χ3n) is 3.91. The summed E-state index contributed by atoms with van der Waals surface area (Å²) in [5.41, 5.74) is 1.69. The Balaban J connectivity index is 1.59. The largest absolute Gasteiger partial charge is 0.484 e. The highest BCUT2D eigenvalue weighted by atomic mass is 35.5. The molecule has 2 aromatic carbocycles. The van der Waals surface area contributed by atoms with Gasteiger partial charge in [-0.15, -0.1) is 0 Å². The molecule has 2 amide bonds. The molecule has 136 valence electrons. The van der Waals surface area contributed by atoms with E-state index in [2.05, 4.69) is 10.6 Å². The Labute approximate surface area is 161 Å². The molecular formula is C19H18Cl2N2O3. The Hall–Kier alpha value is -2.24. The fourth-order valence-electron chi connectivity index (χ4n) is 2.32. The zero-order chi connectivity index (χ0) is 18.7. The van der Waals surface area contributed by atoms with Crippen molar-refractivity contribution in [1.82, 2.24) is 5.32 Å². The van der Waals surface area contributed by atoms with Gasteiger partial charge < -0.3 is 15.4 Å². The summed E-state index contributed by atoms with van der Waals surface area (Å²) in [4.78, 5) is 24.3. The molecule has 0 bridgehead atoms. The van der Waals surface area contributed by atoms with Crippen molar-refractivity contribution in [2.24, 2.45) is 0 Å². The van der Waals surface area contributed by atoms with Crippen LogP contribution in [0.4, 0.5) is 5.69 Å². The van der Waals surface area contributed by atoms with Gasteiger partial charge in [-0.3, -0.25) is 9.59 Å². The average molecular weight is 393 g/mol. The number of hydrogen-bond donors (Lipinski definition) is 2. The first kappa shape index (κ1) is 18.5.